The van der Waals surface area contributed by atoms with Gasteiger partial charge in [-0.05, 0) is 35.7 Å². The lowest BCUT2D eigenvalue weighted by Gasteiger charge is -2.40. The van der Waals surface area contributed by atoms with Gasteiger partial charge in [0.2, 0.25) is 10.0 Å². The third-order valence-electron chi connectivity index (χ3n) is 7.24. The van der Waals surface area contributed by atoms with Crippen LogP contribution in [0.1, 0.15) is 33.1 Å². The van der Waals surface area contributed by atoms with E-state index in [2.05, 4.69) is 53.4 Å². The van der Waals surface area contributed by atoms with Gasteiger partial charge in [0, 0.05) is 44.8 Å². The Morgan fingerprint density at radius 1 is 0.784 bits per heavy atom. The lowest BCUT2D eigenvalue weighted by Crippen LogP contribution is -2.50. The van der Waals surface area contributed by atoms with Crippen molar-refractivity contribution in [1.82, 2.24) is 14.1 Å². The fraction of sp³-hybridized carbons (Fsp3) is 0.345. The molecule has 194 valence electrons. The van der Waals surface area contributed by atoms with Gasteiger partial charge in [0.1, 0.15) is 0 Å². The molecule has 0 unspecified atom stereocenters. The maximum Gasteiger partial charge on any atom is 0.254 e. The average Bonchev–Trinajstić information content (AvgIpc) is 2.95. The van der Waals surface area contributed by atoms with Crippen LogP contribution in [0.3, 0.4) is 0 Å². The summed E-state index contributed by atoms with van der Waals surface area (Å²) in [4.78, 5) is 18.0. The molecule has 1 amide bonds. The predicted octanol–water partition coefficient (Wildman–Crippen LogP) is 3.56. The molecule has 5 rings (SSSR count). The highest BCUT2D eigenvalue weighted by Gasteiger charge is 2.31. The number of benzene rings is 3. The summed E-state index contributed by atoms with van der Waals surface area (Å²) >= 11 is 0. The first-order valence-electron chi connectivity index (χ1n) is 12.8. The van der Waals surface area contributed by atoms with Crippen molar-refractivity contribution in [2.75, 3.05) is 52.5 Å². The SMILES string of the molecule is Cc1ccc(S(=O)(=O)N2CCOCC2)cc1C(=O)N1CCN(C(c2ccccc2)c2ccccc2)CC1. The van der Waals surface area contributed by atoms with Gasteiger partial charge in [-0.2, -0.15) is 4.31 Å². The fourth-order valence-electron chi connectivity index (χ4n) is 5.17. The quantitative estimate of drug-likeness (QED) is 0.498. The maximum absolute atomic E-state index is 13.6. The zero-order valence-electron chi connectivity index (χ0n) is 21.1. The van der Waals surface area contributed by atoms with Crippen LogP contribution in [0.4, 0.5) is 0 Å². The van der Waals surface area contributed by atoms with Gasteiger partial charge in [0.05, 0.1) is 24.2 Å². The van der Waals surface area contributed by atoms with Crippen LogP contribution in [-0.2, 0) is 14.8 Å². The van der Waals surface area contributed by atoms with E-state index in [9.17, 15) is 13.2 Å². The number of ether oxygens (including phenoxy) is 1. The molecular formula is C29H33N3O4S. The minimum Gasteiger partial charge on any atom is -0.379 e. The van der Waals surface area contributed by atoms with Crippen LogP contribution in [0.25, 0.3) is 0 Å². The van der Waals surface area contributed by atoms with E-state index in [1.807, 2.05) is 24.0 Å². The van der Waals surface area contributed by atoms with Crippen molar-refractivity contribution >= 4 is 15.9 Å². The molecule has 3 aromatic carbocycles. The number of morpholine rings is 1. The summed E-state index contributed by atoms with van der Waals surface area (Å²) in [5.41, 5.74) is 3.68. The van der Waals surface area contributed by atoms with Gasteiger partial charge in [0.25, 0.3) is 5.91 Å². The van der Waals surface area contributed by atoms with Gasteiger partial charge in [-0.15, -0.1) is 0 Å². The topological polar surface area (TPSA) is 70.2 Å². The summed E-state index contributed by atoms with van der Waals surface area (Å²) in [6, 6.07) is 25.9. The molecule has 3 aromatic rings. The van der Waals surface area contributed by atoms with Gasteiger partial charge in [-0.25, -0.2) is 8.42 Å². The van der Waals surface area contributed by atoms with Crippen molar-refractivity contribution in [1.29, 1.82) is 0 Å². The molecule has 2 heterocycles. The van der Waals surface area contributed by atoms with Crippen molar-refractivity contribution in [2.45, 2.75) is 17.9 Å². The number of carbonyl (C=O) groups is 1. The van der Waals surface area contributed by atoms with E-state index in [0.717, 1.165) is 18.7 Å². The number of aryl methyl sites for hydroxylation is 1. The standard InChI is InChI=1S/C29H33N3O4S/c1-23-12-13-26(37(34,35)32-18-20-36-21-19-32)22-27(23)29(33)31-16-14-30(15-17-31)28(24-8-4-2-5-9-24)25-10-6-3-7-11-25/h2-13,22,28H,14-21H2,1H3. The highest BCUT2D eigenvalue weighted by molar-refractivity contribution is 7.89. The average molecular weight is 520 g/mol. The summed E-state index contributed by atoms with van der Waals surface area (Å²) in [6.07, 6.45) is 0. The van der Waals surface area contributed by atoms with Crippen molar-refractivity contribution < 1.29 is 17.9 Å². The van der Waals surface area contributed by atoms with Crippen molar-refractivity contribution in [3.8, 4) is 0 Å². The molecule has 0 N–H and O–H groups in total. The second kappa shape index (κ2) is 11.1. The predicted molar refractivity (Wildman–Crippen MR) is 143 cm³/mol. The minimum atomic E-state index is -3.67. The van der Waals surface area contributed by atoms with E-state index in [-0.39, 0.29) is 16.8 Å². The molecule has 8 heteroatoms. The Morgan fingerprint density at radius 2 is 1.35 bits per heavy atom. The molecule has 2 fully saturated rings. The molecule has 2 aliphatic rings. The molecule has 0 spiro atoms. The largest absolute Gasteiger partial charge is 0.379 e. The Morgan fingerprint density at radius 3 is 1.92 bits per heavy atom. The van der Waals surface area contributed by atoms with E-state index >= 15 is 0 Å². The molecule has 0 aliphatic carbocycles. The van der Waals surface area contributed by atoms with E-state index in [1.54, 1.807) is 18.2 Å². The minimum absolute atomic E-state index is 0.114. The van der Waals surface area contributed by atoms with Crippen LogP contribution < -0.4 is 0 Å². The van der Waals surface area contributed by atoms with E-state index in [0.29, 0.717) is 45.0 Å². The number of nitrogens with zero attached hydrogens (tertiary/aromatic N) is 3. The number of hydrogen-bond donors (Lipinski definition) is 0. The van der Waals surface area contributed by atoms with Crippen LogP contribution in [0.2, 0.25) is 0 Å². The van der Waals surface area contributed by atoms with Gasteiger partial charge in [-0.1, -0.05) is 66.7 Å². The van der Waals surface area contributed by atoms with E-state index < -0.39 is 10.0 Å². The molecule has 0 atom stereocenters. The van der Waals surface area contributed by atoms with E-state index in [4.69, 9.17) is 4.74 Å². The Balaban J connectivity index is 1.33. The summed E-state index contributed by atoms with van der Waals surface area (Å²) in [5.74, 6) is -0.118. The van der Waals surface area contributed by atoms with Crippen LogP contribution in [0.15, 0.2) is 83.8 Å². The number of sulfonamides is 1. The summed E-state index contributed by atoms with van der Waals surface area (Å²) in [5, 5.41) is 0. The first kappa shape index (κ1) is 25.6. The van der Waals surface area contributed by atoms with Crippen molar-refractivity contribution in [3.63, 3.8) is 0 Å². The smallest absolute Gasteiger partial charge is 0.254 e. The van der Waals surface area contributed by atoms with Gasteiger partial charge in [-0.3, -0.25) is 9.69 Å². The van der Waals surface area contributed by atoms with Crippen LogP contribution >= 0.6 is 0 Å². The Kier molecular flexibility index (Phi) is 7.71. The second-order valence-electron chi connectivity index (χ2n) is 9.55. The second-order valence-corrected chi connectivity index (χ2v) is 11.5. The van der Waals surface area contributed by atoms with Gasteiger partial charge in [0.15, 0.2) is 0 Å². The van der Waals surface area contributed by atoms with Crippen molar-refractivity contribution in [2.24, 2.45) is 0 Å². The summed E-state index contributed by atoms with van der Waals surface area (Å²) in [7, 11) is -3.67. The fourth-order valence-corrected chi connectivity index (χ4v) is 6.60. The summed E-state index contributed by atoms with van der Waals surface area (Å²) < 4.78 is 33.1. The summed E-state index contributed by atoms with van der Waals surface area (Å²) in [6.45, 7) is 5.88. The van der Waals surface area contributed by atoms with Gasteiger partial charge >= 0.3 is 0 Å². The first-order valence-corrected chi connectivity index (χ1v) is 14.2. The highest BCUT2D eigenvalue weighted by atomic mass is 32.2. The lowest BCUT2D eigenvalue weighted by atomic mass is 9.96. The molecule has 0 aromatic heterocycles. The zero-order valence-corrected chi connectivity index (χ0v) is 21.9. The number of amides is 1. The van der Waals surface area contributed by atoms with Crippen molar-refractivity contribution in [3.05, 3.63) is 101 Å². The molecule has 2 aliphatic heterocycles. The normalized spacial score (nSPS) is 17.7. The van der Waals surface area contributed by atoms with Crippen LogP contribution in [0, 0.1) is 6.92 Å². The molecule has 37 heavy (non-hydrogen) atoms. The lowest BCUT2D eigenvalue weighted by molar-refractivity contribution is 0.0596. The monoisotopic (exact) mass is 519 g/mol. The molecule has 0 bridgehead atoms. The third kappa shape index (κ3) is 5.48. The molecule has 0 saturated carbocycles. The van der Waals surface area contributed by atoms with Crippen LogP contribution in [0.5, 0.6) is 0 Å². The number of rotatable bonds is 6. The molecule has 2 saturated heterocycles. The number of hydrogen-bond acceptors (Lipinski definition) is 5. The van der Waals surface area contributed by atoms with Gasteiger partial charge < -0.3 is 9.64 Å². The number of piperazine rings is 1. The number of carbonyl (C=O) groups excluding carboxylic acids is 1. The van der Waals surface area contributed by atoms with E-state index in [1.165, 1.54) is 15.4 Å². The maximum atomic E-state index is 13.6. The molecule has 0 radical (unpaired) electrons. The third-order valence-corrected chi connectivity index (χ3v) is 9.14. The Bertz CT molecular complexity index is 1280. The molecule has 7 nitrogen and oxygen atoms in total. The first-order chi connectivity index (χ1) is 17.9. The highest BCUT2D eigenvalue weighted by Crippen LogP contribution is 2.30. The Labute approximate surface area is 219 Å². The van der Waals surface area contributed by atoms with Crippen LogP contribution in [-0.4, -0.2) is 80.9 Å². The molecular weight excluding hydrogens is 486 g/mol. The Hall–Kier alpha value is -3.04. The zero-order chi connectivity index (χ0) is 25.8.